The van der Waals surface area contributed by atoms with Crippen molar-refractivity contribution in [2.45, 2.75) is 13.1 Å². The van der Waals surface area contributed by atoms with Crippen molar-refractivity contribution < 1.29 is 4.74 Å². The van der Waals surface area contributed by atoms with Crippen molar-refractivity contribution in [3.8, 4) is 0 Å². The number of aromatic nitrogens is 2. The maximum atomic E-state index is 6.13. The summed E-state index contributed by atoms with van der Waals surface area (Å²) in [4.78, 5) is 0. The fourth-order valence-corrected chi connectivity index (χ4v) is 1.99. The van der Waals surface area contributed by atoms with Crippen molar-refractivity contribution in [3.05, 3.63) is 52.8 Å². The molecule has 19 heavy (non-hydrogen) atoms. The summed E-state index contributed by atoms with van der Waals surface area (Å²) in [6.45, 7) is 3.05. The highest BCUT2D eigenvalue weighted by atomic mass is 35.5. The normalized spacial score (nSPS) is 10.8. The summed E-state index contributed by atoms with van der Waals surface area (Å²) in [6.07, 6.45) is 3.90. The van der Waals surface area contributed by atoms with Gasteiger partial charge in [-0.1, -0.05) is 29.8 Å². The van der Waals surface area contributed by atoms with Gasteiger partial charge in [-0.15, -0.1) is 0 Å². The Morgan fingerprint density at radius 3 is 3.00 bits per heavy atom. The van der Waals surface area contributed by atoms with Crippen LogP contribution in [0.2, 0.25) is 5.02 Å². The third-order valence-corrected chi connectivity index (χ3v) is 3.16. The maximum absolute atomic E-state index is 6.13. The highest BCUT2D eigenvalue weighted by molar-refractivity contribution is 6.31. The van der Waals surface area contributed by atoms with E-state index in [2.05, 4.69) is 10.4 Å². The van der Waals surface area contributed by atoms with Gasteiger partial charge in [0.1, 0.15) is 0 Å². The third-order valence-electron chi connectivity index (χ3n) is 2.79. The Hall–Kier alpha value is -1.36. The lowest BCUT2D eigenvalue weighted by molar-refractivity contribution is 0.199. The second kappa shape index (κ2) is 7.28. The number of hydrogen-bond acceptors (Lipinski definition) is 3. The van der Waals surface area contributed by atoms with E-state index in [0.29, 0.717) is 13.2 Å². The van der Waals surface area contributed by atoms with E-state index in [1.807, 2.05) is 41.3 Å². The molecule has 1 aromatic carbocycles. The Labute approximate surface area is 118 Å². The smallest absolute Gasteiger partial charge is 0.0674 e. The number of nitrogens with one attached hydrogen (secondary N) is 1. The van der Waals surface area contributed by atoms with Crippen LogP contribution in [-0.2, 0) is 17.8 Å². The number of hydrogen-bond donors (Lipinski definition) is 1. The van der Waals surface area contributed by atoms with Crippen molar-refractivity contribution in [1.29, 1.82) is 0 Å². The second-order valence-corrected chi connectivity index (χ2v) is 4.71. The molecular weight excluding hydrogens is 262 g/mol. The lowest BCUT2D eigenvalue weighted by atomic mass is 10.2. The molecule has 1 aromatic heterocycles. The Morgan fingerprint density at radius 1 is 1.37 bits per heavy atom. The number of halogens is 1. The van der Waals surface area contributed by atoms with Crippen molar-refractivity contribution in [1.82, 2.24) is 15.1 Å². The zero-order valence-electron chi connectivity index (χ0n) is 11.0. The van der Waals surface area contributed by atoms with Gasteiger partial charge >= 0.3 is 0 Å². The molecule has 0 aliphatic rings. The zero-order valence-corrected chi connectivity index (χ0v) is 11.7. The summed E-state index contributed by atoms with van der Waals surface area (Å²) in [5.41, 5.74) is 2.23. The lowest BCUT2D eigenvalue weighted by Gasteiger charge is -2.04. The highest BCUT2D eigenvalue weighted by Gasteiger charge is 2.02. The molecule has 4 nitrogen and oxygen atoms in total. The summed E-state index contributed by atoms with van der Waals surface area (Å²) in [5.74, 6) is 0. The van der Waals surface area contributed by atoms with Gasteiger partial charge in [-0.25, -0.2) is 0 Å². The first-order valence-corrected chi connectivity index (χ1v) is 6.62. The van der Waals surface area contributed by atoms with Gasteiger partial charge in [0.2, 0.25) is 0 Å². The molecule has 0 amide bonds. The van der Waals surface area contributed by atoms with Crippen molar-refractivity contribution in [2.75, 3.05) is 20.3 Å². The predicted octanol–water partition coefficient (Wildman–Crippen LogP) is 2.32. The van der Waals surface area contributed by atoms with Crippen LogP contribution in [0.1, 0.15) is 11.1 Å². The molecule has 0 saturated heterocycles. The molecule has 2 aromatic rings. The largest absolute Gasteiger partial charge is 0.383 e. The van der Waals surface area contributed by atoms with Gasteiger partial charge in [0.25, 0.3) is 0 Å². The molecule has 0 aliphatic carbocycles. The van der Waals surface area contributed by atoms with E-state index in [4.69, 9.17) is 16.3 Å². The minimum absolute atomic E-state index is 0.692. The summed E-state index contributed by atoms with van der Waals surface area (Å²) < 4.78 is 6.88. The van der Waals surface area contributed by atoms with E-state index in [9.17, 15) is 0 Å². The van der Waals surface area contributed by atoms with Gasteiger partial charge in [-0.3, -0.25) is 4.68 Å². The number of rotatable bonds is 7. The summed E-state index contributed by atoms with van der Waals surface area (Å²) in [7, 11) is 1.70. The number of methoxy groups -OCH3 is 1. The van der Waals surface area contributed by atoms with Crippen molar-refractivity contribution >= 4 is 11.6 Å². The third kappa shape index (κ3) is 4.35. The van der Waals surface area contributed by atoms with E-state index < -0.39 is 0 Å². The van der Waals surface area contributed by atoms with E-state index in [1.165, 1.54) is 0 Å². The fraction of sp³-hybridized carbons (Fsp3) is 0.357. The quantitative estimate of drug-likeness (QED) is 0.791. The number of benzene rings is 1. The molecule has 0 bridgehead atoms. The van der Waals surface area contributed by atoms with Crippen LogP contribution in [0.15, 0.2) is 36.7 Å². The van der Waals surface area contributed by atoms with Gasteiger partial charge in [-0.2, -0.15) is 5.10 Å². The second-order valence-electron chi connectivity index (χ2n) is 4.31. The summed E-state index contributed by atoms with van der Waals surface area (Å²) in [5, 5.41) is 8.40. The Kier molecular flexibility index (Phi) is 5.39. The van der Waals surface area contributed by atoms with Crippen LogP contribution in [0.3, 0.4) is 0 Å². The molecule has 5 heteroatoms. The molecule has 0 radical (unpaired) electrons. The van der Waals surface area contributed by atoms with Gasteiger partial charge < -0.3 is 10.1 Å². The Morgan fingerprint density at radius 2 is 2.21 bits per heavy atom. The summed E-state index contributed by atoms with van der Waals surface area (Å²) in [6, 6.07) is 7.83. The van der Waals surface area contributed by atoms with Gasteiger partial charge in [0.05, 0.1) is 19.3 Å². The van der Waals surface area contributed by atoms with E-state index >= 15 is 0 Å². The molecule has 0 saturated carbocycles. The molecule has 0 atom stereocenters. The minimum Gasteiger partial charge on any atom is -0.383 e. The maximum Gasteiger partial charge on any atom is 0.0674 e. The van der Waals surface area contributed by atoms with E-state index in [0.717, 1.165) is 29.2 Å². The van der Waals surface area contributed by atoms with Crippen LogP contribution in [0.25, 0.3) is 0 Å². The highest BCUT2D eigenvalue weighted by Crippen LogP contribution is 2.15. The zero-order chi connectivity index (χ0) is 13.5. The van der Waals surface area contributed by atoms with Gasteiger partial charge in [0.15, 0.2) is 0 Å². The average Bonchev–Trinajstić information content (AvgIpc) is 2.85. The first-order chi connectivity index (χ1) is 9.29. The predicted molar refractivity (Wildman–Crippen MR) is 76.4 cm³/mol. The van der Waals surface area contributed by atoms with Crippen LogP contribution < -0.4 is 5.32 Å². The monoisotopic (exact) mass is 279 g/mol. The van der Waals surface area contributed by atoms with E-state index in [1.54, 1.807) is 7.11 Å². The number of ether oxygens (including phenoxy) is 1. The van der Waals surface area contributed by atoms with Crippen LogP contribution >= 0.6 is 11.6 Å². The molecule has 0 fully saturated rings. The first kappa shape index (κ1) is 14.1. The van der Waals surface area contributed by atoms with Gasteiger partial charge in [0, 0.05) is 37.0 Å². The number of nitrogens with zero attached hydrogens (tertiary/aromatic N) is 2. The molecule has 0 aliphatic heterocycles. The Bertz CT molecular complexity index is 513. The van der Waals surface area contributed by atoms with Crippen molar-refractivity contribution in [2.24, 2.45) is 0 Å². The van der Waals surface area contributed by atoms with Crippen LogP contribution in [-0.4, -0.2) is 30.0 Å². The topological polar surface area (TPSA) is 39.1 Å². The SMILES string of the molecule is COCCNCc1cnn(Cc2ccccc2Cl)c1. The molecule has 1 N–H and O–H groups in total. The molecule has 0 unspecified atom stereocenters. The molecule has 2 rings (SSSR count). The van der Waals surface area contributed by atoms with Crippen LogP contribution in [0, 0.1) is 0 Å². The van der Waals surface area contributed by atoms with Crippen LogP contribution in [0.4, 0.5) is 0 Å². The average molecular weight is 280 g/mol. The first-order valence-electron chi connectivity index (χ1n) is 6.24. The molecule has 102 valence electrons. The lowest BCUT2D eigenvalue weighted by Crippen LogP contribution is -2.18. The molecular formula is C14H18ClN3O. The molecule has 1 heterocycles. The minimum atomic E-state index is 0.692. The standard InChI is InChI=1S/C14H18ClN3O/c1-19-7-6-16-8-12-9-17-18(10-12)11-13-4-2-3-5-14(13)15/h2-5,9-10,16H,6-8,11H2,1H3. The Balaban J connectivity index is 1.89. The van der Waals surface area contributed by atoms with Crippen LogP contribution in [0.5, 0.6) is 0 Å². The van der Waals surface area contributed by atoms with Crippen molar-refractivity contribution in [3.63, 3.8) is 0 Å². The van der Waals surface area contributed by atoms with Gasteiger partial charge in [-0.05, 0) is 11.6 Å². The summed E-state index contributed by atoms with van der Waals surface area (Å²) >= 11 is 6.13. The molecule has 0 spiro atoms. The van der Waals surface area contributed by atoms with E-state index in [-0.39, 0.29) is 0 Å². The fourth-order valence-electron chi connectivity index (χ4n) is 1.79.